The molecule has 5 heteroatoms. The van der Waals surface area contributed by atoms with Gasteiger partial charge < -0.3 is 10.4 Å². The Kier molecular flexibility index (Phi) is 3.79. The summed E-state index contributed by atoms with van der Waals surface area (Å²) in [7, 11) is 0. The molecule has 0 aliphatic heterocycles. The van der Waals surface area contributed by atoms with Gasteiger partial charge >= 0.3 is 5.97 Å². The highest BCUT2D eigenvalue weighted by Gasteiger charge is 2.13. The highest BCUT2D eigenvalue weighted by molar-refractivity contribution is 6.05. The van der Waals surface area contributed by atoms with Gasteiger partial charge in [0.25, 0.3) is 5.91 Å². The van der Waals surface area contributed by atoms with E-state index in [2.05, 4.69) is 5.32 Å². The Balaban J connectivity index is 2.29. The number of amides is 1. The minimum atomic E-state index is -1.07. The van der Waals surface area contributed by atoms with E-state index < -0.39 is 17.7 Å². The number of hydrogen-bond donors (Lipinski definition) is 2. The number of anilines is 1. The van der Waals surface area contributed by atoms with Crippen molar-refractivity contribution in [2.45, 2.75) is 6.92 Å². The van der Waals surface area contributed by atoms with Crippen LogP contribution in [-0.4, -0.2) is 17.0 Å². The Bertz CT molecular complexity index is 683. The van der Waals surface area contributed by atoms with Crippen molar-refractivity contribution in [3.8, 4) is 0 Å². The number of carbonyl (C=O) groups is 2. The molecule has 20 heavy (non-hydrogen) atoms. The van der Waals surface area contributed by atoms with Crippen LogP contribution in [0.4, 0.5) is 10.1 Å². The summed E-state index contributed by atoms with van der Waals surface area (Å²) in [5.41, 5.74) is 1.12. The normalized spacial score (nSPS) is 10.1. The van der Waals surface area contributed by atoms with Gasteiger partial charge in [0.05, 0.1) is 5.56 Å². The number of carbonyl (C=O) groups excluding carboxylic acids is 1. The molecular formula is C15H12FNO3. The zero-order chi connectivity index (χ0) is 14.7. The Hall–Kier alpha value is -2.69. The van der Waals surface area contributed by atoms with E-state index in [-0.39, 0.29) is 11.1 Å². The van der Waals surface area contributed by atoms with Crippen molar-refractivity contribution in [2.24, 2.45) is 0 Å². The predicted molar refractivity (Wildman–Crippen MR) is 72.5 cm³/mol. The molecule has 0 spiro atoms. The van der Waals surface area contributed by atoms with Crippen molar-refractivity contribution in [2.75, 3.05) is 5.32 Å². The summed E-state index contributed by atoms with van der Waals surface area (Å²) in [4.78, 5) is 23.0. The number of rotatable bonds is 3. The van der Waals surface area contributed by atoms with Crippen molar-refractivity contribution in [3.05, 3.63) is 65.0 Å². The number of carboxylic acids is 1. The third-order valence-corrected chi connectivity index (χ3v) is 2.90. The fourth-order valence-electron chi connectivity index (χ4n) is 1.83. The third-order valence-electron chi connectivity index (χ3n) is 2.90. The maximum atomic E-state index is 13.1. The molecule has 2 aromatic carbocycles. The Morgan fingerprint density at radius 2 is 1.85 bits per heavy atom. The number of benzene rings is 2. The van der Waals surface area contributed by atoms with Crippen LogP contribution in [0.2, 0.25) is 0 Å². The van der Waals surface area contributed by atoms with Crippen LogP contribution in [0.15, 0.2) is 42.5 Å². The molecule has 0 fully saturated rings. The van der Waals surface area contributed by atoms with Gasteiger partial charge in [0.15, 0.2) is 0 Å². The summed E-state index contributed by atoms with van der Waals surface area (Å²) >= 11 is 0. The second-order valence-electron chi connectivity index (χ2n) is 4.25. The van der Waals surface area contributed by atoms with Gasteiger partial charge in [-0.05, 0) is 42.8 Å². The molecule has 0 saturated heterocycles. The van der Waals surface area contributed by atoms with E-state index in [4.69, 9.17) is 5.11 Å². The van der Waals surface area contributed by atoms with Crippen LogP contribution in [-0.2, 0) is 0 Å². The first-order valence-corrected chi connectivity index (χ1v) is 5.89. The number of aromatic carboxylic acids is 1. The molecule has 102 valence electrons. The van der Waals surface area contributed by atoms with Crippen LogP contribution in [0.5, 0.6) is 0 Å². The summed E-state index contributed by atoms with van der Waals surface area (Å²) < 4.78 is 13.1. The second kappa shape index (κ2) is 5.52. The Labute approximate surface area is 114 Å². The lowest BCUT2D eigenvalue weighted by atomic mass is 10.1. The van der Waals surface area contributed by atoms with Crippen molar-refractivity contribution in [3.63, 3.8) is 0 Å². The molecule has 0 aliphatic carbocycles. The van der Waals surface area contributed by atoms with Gasteiger partial charge in [-0.3, -0.25) is 4.79 Å². The molecule has 0 atom stereocenters. The van der Waals surface area contributed by atoms with Gasteiger partial charge in [0.1, 0.15) is 5.82 Å². The quantitative estimate of drug-likeness (QED) is 0.903. The molecule has 2 aromatic rings. The van der Waals surface area contributed by atoms with Crippen LogP contribution in [0, 0.1) is 12.7 Å². The van der Waals surface area contributed by atoms with Crippen molar-refractivity contribution in [1.82, 2.24) is 0 Å². The number of nitrogens with one attached hydrogen (secondary N) is 1. The molecule has 0 aromatic heterocycles. The predicted octanol–water partition coefficient (Wildman–Crippen LogP) is 3.08. The Morgan fingerprint density at radius 1 is 1.15 bits per heavy atom. The topological polar surface area (TPSA) is 66.4 Å². The van der Waals surface area contributed by atoms with Gasteiger partial charge in [-0.25, -0.2) is 9.18 Å². The van der Waals surface area contributed by atoms with Gasteiger partial charge in [0.2, 0.25) is 0 Å². The molecule has 2 rings (SSSR count). The van der Waals surface area contributed by atoms with Crippen molar-refractivity contribution in [1.29, 1.82) is 0 Å². The van der Waals surface area contributed by atoms with Crippen molar-refractivity contribution >= 4 is 17.6 Å². The maximum Gasteiger partial charge on any atom is 0.336 e. The molecule has 0 saturated carbocycles. The lowest BCUT2D eigenvalue weighted by Crippen LogP contribution is -2.14. The fraction of sp³-hybridized carbons (Fsp3) is 0.0667. The van der Waals surface area contributed by atoms with Crippen LogP contribution < -0.4 is 5.32 Å². The molecule has 0 heterocycles. The molecule has 1 amide bonds. The highest BCUT2D eigenvalue weighted by atomic mass is 19.1. The molecule has 0 bridgehead atoms. The van der Waals surface area contributed by atoms with E-state index in [0.717, 1.165) is 6.07 Å². The molecular weight excluding hydrogens is 261 g/mol. The molecule has 0 unspecified atom stereocenters. The van der Waals surface area contributed by atoms with Crippen LogP contribution >= 0.6 is 0 Å². The van der Waals surface area contributed by atoms with E-state index in [0.29, 0.717) is 11.3 Å². The van der Waals surface area contributed by atoms with E-state index >= 15 is 0 Å². The lowest BCUT2D eigenvalue weighted by molar-refractivity contribution is 0.0695. The largest absolute Gasteiger partial charge is 0.478 e. The summed E-state index contributed by atoms with van der Waals surface area (Å²) in [6.45, 7) is 1.60. The summed E-state index contributed by atoms with van der Waals surface area (Å²) in [5, 5.41) is 11.6. The number of carboxylic acid groups (broad SMARTS) is 1. The zero-order valence-electron chi connectivity index (χ0n) is 10.7. The SMILES string of the molecule is Cc1c(NC(=O)c2cccc(F)c2)cccc1C(=O)O. The van der Waals surface area contributed by atoms with Gasteiger partial charge in [-0.15, -0.1) is 0 Å². The first-order chi connectivity index (χ1) is 9.49. The van der Waals surface area contributed by atoms with Crippen LogP contribution in [0.1, 0.15) is 26.3 Å². The molecule has 2 N–H and O–H groups in total. The van der Waals surface area contributed by atoms with Crippen molar-refractivity contribution < 1.29 is 19.1 Å². The average molecular weight is 273 g/mol. The minimum Gasteiger partial charge on any atom is -0.478 e. The van der Waals surface area contributed by atoms with Gasteiger partial charge in [-0.1, -0.05) is 12.1 Å². The summed E-state index contributed by atoms with van der Waals surface area (Å²) in [6.07, 6.45) is 0. The van der Waals surface area contributed by atoms with Crippen LogP contribution in [0.3, 0.4) is 0 Å². The second-order valence-corrected chi connectivity index (χ2v) is 4.25. The van der Waals surface area contributed by atoms with Crippen LogP contribution in [0.25, 0.3) is 0 Å². The summed E-state index contributed by atoms with van der Waals surface area (Å²) in [5.74, 6) is -2.06. The van der Waals surface area contributed by atoms with Gasteiger partial charge in [0, 0.05) is 11.3 Å². The lowest BCUT2D eigenvalue weighted by Gasteiger charge is -2.10. The van der Waals surface area contributed by atoms with E-state index in [1.54, 1.807) is 13.0 Å². The smallest absolute Gasteiger partial charge is 0.336 e. The number of hydrogen-bond acceptors (Lipinski definition) is 2. The number of halogens is 1. The standard InChI is InChI=1S/C15H12FNO3/c1-9-12(15(19)20)6-3-7-13(9)17-14(18)10-4-2-5-11(16)8-10/h2-8H,1H3,(H,17,18)(H,19,20). The monoisotopic (exact) mass is 273 g/mol. The minimum absolute atomic E-state index is 0.113. The fourth-order valence-corrected chi connectivity index (χ4v) is 1.83. The van der Waals surface area contributed by atoms with E-state index in [9.17, 15) is 14.0 Å². The highest BCUT2D eigenvalue weighted by Crippen LogP contribution is 2.20. The molecule has 4 nitrogen and oxygen atoms in total. The zero-order valence-corrected chi connectivity index (χ0v) is 10.7. The third kappa shape index (κ3) is 2.83. The molecule has 0 aliphatic rings. The Morgan fingerprint density at radius 3 is 2.50 bits per heavy atom. The first-order valence-electron chi connectivity index (χ1n) is 5.89. The van der Waals surface area contributed by atoms with Gasteiger partial charge in [-0.2, -0.15) is 0 Å². The summed E-state index contributed by atoms with van der Waals surface area (Å²) in [6, 6.07) is 9.87. The first kappa shape index (κ1) is 13.7. The van der Waals surface area contributed by atoms with E-state index in [1.165, 1.54) is 30.3 Å². The van der Waals surface area contributed by atoms with E-state index in [1.807, 2.05) is 0 Å². The maximum absolute atomic E-state index is 13.1. The molecule has 0 radical (unpaired) electrons. The average Bonchev–Trinajstić information content (AvgIpc) is 2.40.